The van der Waals surface area contributed by atoms with Gasteiger partial charge in [0.2, 0.25) is 5.91 Å². The number of hydrogen-bond acceptors (Lipinski definition) is 3. The molecule has 1 heterocycles. The summed E-state index contributed by atoms with van der Waals surface area (Å²) in [5, 5.41) is 9.89. The van der Waals surface area contributed by atoms with E-state index in [1.165, 1.54) is 17.7 Å². The summed E-state index contributed by atoms with van der Waals surface area (Å²) in [4.78, 5) is 41.7. The van der Waals surface area contributed by atoms with E-state index < -0.39 is 5.97 Å². The molecule has 2 aliphatic carbocycles. The Bertz CT molecular complexity index is 1450. The summed E-state index contributed by atoms with van der Waals surface area (Å²) in [7, 11) is 0. The normalized spacial score (nSPS) is 15.8. The molecule has 0 aliphatic heterocycles. The smallest absolute Gasteiger partial charge is 0.323 e. The van der Waals surface area contributed by atoms with Crippen LogP contribution in [-0.2, 0) is 22.6 Å². The summed E-state index contributed by atoms with van der Waals surface area (Å²) in [6.07, 6.45) is 9.68. The third-order valence-electron chi connectivity index (χ3n) is 7.92. The van der Waals surface area contributed by atoms with E-state index in [4.69, 9.17) is 11.6 Å². The van der Waals surface area contributed by atoms with Gasteiger partial charge in [-0.1, -0.05) is 79.0 Å². The monoisotopic (exact) mass is 558 g/mol. The maximum atomic E-state index is 13.0. The van der Waals surface area contributed by atoms with Gasteiger partial charge in [0.05, 0.1) is 0 Å². The highest BCUT2D eigenvalue weighted by Gasteiger charge is 2.26. The molecular weight excluding hydrogens is 524 g/mol. The van der Waals surface area contributed by atoms with Crippen molar-refractivity contribution in [1.82, 2.24) is 9.88 Å². The average molecular weight is 559 g/mol. The van der Waals surface area contributed by atoms with Crippen molar-refractivity contribution in [3.63, 3.8) is 0 Å². The molecule has 0 radical (unpaired) electrons. The number of aryl methyl sites for hydroxylation is 1. The van der Waals surface area contributed by atoms with Crippen molar-refractivity contribution in [3.8, 4) is 0 Å². The van der Waals surface area contributed by atoms with Crippen LogP contribution in [0.5, 0.6) is 0 Å². The van der Waals surface area contributed by atoms with Gasteiger partial charge in [0, 0.05) is 34.8 Å². The molecule has 1 aromatic heterocycles. The molecule has 0 atom stereocenters. The van der Waals surface area contributed by atoms with Gasteiger partial charge in [-0.2, -0.15) is 0 Å². The molecule has 3 aromatic rings. The molecule has 6 nitrogen and oxygen atoms in total. The minimum atomic E-state index is -1.04. The Balaban J connectivity index is 1.33. The third-order valence-corrected chi connectivity index (χ3v) is 8.27. The van der Waals surface area contributed by atoms with E-state index in [2.05, 4.69) is 11.1 Å². The van der Waals surface area contributed by atoms with Crippen molar-refractivity contribution in [1.29, 1.82) is 0 Å². The van der Waals surface area contributed by atoms with Crippen LogP contribution in [-0.4, -0.2) is 33.4 Å². The minimum absolute atomic E-state index is 0.0139. The fourth-order valence-corrected chi connectivity index (χ4v) is 5.85. The summed E-state index contributed by atoms with van der Waals surface area (Å²) >= 11 is 6.74. The largest absolute Gasteiger partial charge is 0.480 e. The molecule has 2 fully saturated rings. The number of H-pyrrole nitrogens is 1. The molecule has 2 N–H and O–H groups in total. The van der Waals surface area contributed by atoms with Gasteiger partial charge in [-0.3, -0.25) is 14.4 Å². The predicted octanol–water partition coefficient (Wildman–Crippen LogP) is 6.57. The summed E-state index contributed by atoms with van der Waals surface area (Å²) in [5.74, 6) is -0.434. The first-order chi connectivity index (χ1) is 19.4. The second-order valence-electron chi connectivity index (χ2n) is 11.0. The van der Waals surface area contributed by atoms with Crippen LogP contribution >= 0.6 is 11.6 Å². The predicted molar refractivity (Wildman–Crippen MR) is 157 cm³/mol. The zero-order valence-corrected chi connectivity index (χ0v) is 23.3. The van der Waals surface area contributed by atoms with Gasteiger partial charge in [-0.25, -0.2) is 0 Å². The SMILES string of the molecule is O=C(O)CN(Cc1ccccc1)C(=O)CCc1ccc(/C(=C\C2CCCC2)c2ccc(C3CC3)c(=O)[nH]2)cc1Cl. The molecule has 40 heavy (non-hydrogen) atoms. The van der Waals surface area contributed by atoms with E-state index in [1.54, 1.807) is 0 Å². The lowest BCUT2D eigenvalue weighted by Crippen LogP contribution is -2.35. The lowest BCUT2D eigenvalue weighted by atomic mass is 9.94. The highest BCUT2D eigenvalue weighted by Crippen LogP contribution is 2.39. The number of rotatable bonds is 11. The van der Waals surface area contributed by atoms with Crippen LogP contribution in [0.2, 0.25) is 5.02 Å². The van der Waals surface area contributed by atoms with Crippen LogP contribution in [0, 0.1) is 5.92 Å². The van der Waals surface area contributed by atoms with Gasteiger partial charge < -0.3 is 15.0 Å². The van der Waals surface area contributed by atoms with Crippen LogP contribution in [0.25, 0.3) is 5.57 Å². The number of pyridine rings is 1. The van der Waals surface area contributed by atoms with E-state index in [0.29, 0.717) is 23.3 Å². The molecule has 5 rings (SSSR count). The number of halogens is 1. The van der Waals surface area contributed by atoms with Crippen LogP contribution in [0.1, 0.15) is 78.8 Å². The van der Waals surface area contributed by atoms with Gasteiger partial charge in [-0.05, 0) is 72.8 Å². The maximum absolute atomic E-state index is 13.0. The number of nitrogens with one attached hydrogen (secondary N) is 1. The summed E-state index contributed by atoms with van der Waals surface area (Å²) in [6.45, 7) is -0.112. The number of benzene rings is 2. The number of allylic oxidation sites excluding steroid dienone is 1. The van der Waals surface area contributed by atoms with Gasteiger partial charge in [-0.15, -0.1) is 0 Å². The quantitative estimate of drug-likeness (QED) is 0.278. The number of carboxylic acids is 1. The van der Waals surface area contributed by atoms with Crippen molar-refractivity contribution in [3.05, 3.63) is 110 Å². The Labute approximate surface area is 239 Å². The number of carboxylic acid groups (broad SMARTS) is 1. The molecule has 0 unspecified atom stereocenters. The second-order valence-corrected chi connectivity index (χ2v) is 11.4. The Morgan fingerprint density at radius 2 is 1.75 bits per heavy atom. The van der Waals surface area contributed by atoms with E-state index >= 15 is 0 Å². The number of aromatic amines is 1. The van der Waals surface area contributed by atoms with Crippen LogP contribution in [0.3, 0.4) is 0 Å². The molecule has 7 heteroatoms. The highest BCUT2D eigenvalue weighted by atomic mass is 35.5. The maximum Gasteiger partial charge on any atom is 0.323 e. The van der Waals surface area contributed by atoms with Gasteiger partial charge >= 0.3 is 5.97 Å². The summed E-state index contributed by atoms with van der Waals surface area (Å²) < 4.78 is 0. The lowest BCUT2D eigenvalue weighted by Gasteiger charge is -2.21. The fraction of sp³-hybridized carbons (Fsp3) is 0.364. The number of carbonyl (C=O) groups excluding carboxylic acids is 1. The summed E-state index contributed by atoms with van der Waals surface area (Å²) in [5.41, 5.74) is 5.26. The topological polar surface area (TPSA) is 90.5 Å². The molecular formula is C33H35ClN2O4. The number of aliphatic carboxylic acids is 1. The number of amides is 1. The fourth-order valence-electron chi connectivity index (χ4n) is 5.58. The number of carbonyl (C=O) groups is 2. The molecule has 1 amide bonds. The van der Waals surface area contributed by atoms with E-state index in [0.717, 1.165) is 59.2 Å². The van der Waals surface area contributed by atoms with Crippen molar-refractivity contribution in [2.75, 3.05) is 6.54 Å². The van der Waals surface area contributed by atoms with Gasteiger partial charge in [0.15, 0.2) is 0 Å². The van der Waals surface area contributed by atoms with Gasteiger partial charge in [0.25, 0.3) is 5.56 Å². The molecule has 2 aliphatic rings. The Morgan fingerprint density at radius 1 is 1.00 bits per heavy atom. The van der Waals surface area contributed by atoms with Crippen molar-refractivity contribution < 1.29 is 14.7 Å². The van der Waals surface area contributed by atoms with Crippen LogP contribution in [0.15, 0.2) is 71.5 Å². The molecule has 0 bridgehead atoms. The molecule has 208 valence electrons. The first kappa shape index (κ1) is 27.9. The molecule has 2 saturated carbocycles. The average Bonchev–Trinajstić information content (AvgIpc) is 3.65. The lowest BCUT2D eigenvalue weighted by molar-refractivity contribution is -0.144. The van der Waals surface area contributed by atoms with E-state index in [-0.39, 0.29) is 31.0 Å². The highest BCUT2D eigenvalue weighted by molar-refractivity contribution is 6.31. The zero-order valence-electron chi connectivity index (χ0n) is 22.6. The van der Waals surface area contributed by atoms with E-state index in [1.807, 2.05) is 60.7 Å². The van der Waals surface area contributed by atoms with Crippen molar-refractivity contribution in [2.24, 2.45) is 5.92 Å². The first-order valence-electron chi connectivity index (χ1n) is 14.1. The zero-order chi connectivity index (χ0) is 28.1. The Morgan fingerprint density at radius 3 is 2.40 bits per heavy atom. The van der Waals surface area contributed by atoms with E-state index in [9.17, 15) is 19.5 Å². The van der Waals surface area contributed by atoms with Gasteiger partial charge in [0.1, 0.15) is 6.54 Å². The molecule has 0 saturated heterocycles. The van der Waals surface area contributed by atoms with Crippen molar-refractivity contribution in [2.45, 2.75) is 63.8 Å². The molecule has 2 aromatic carbocycles. The molecule has 0 spiro atoms. The Kier molecular flexibility index (Phi) is 8.85. The standard InChI is InChI=1S/C33H35ClN2O4/c34-29-19-26(28(18-22-6-4-5-7-22)30-16-15-27(24-10-11-24)33(40)35-30)13-12-25(29)14-17-31(37)36(21-32(38)39)20-23-8-2-1-3-9-23/h1-3,8-9,12-13,15-16,18-19,22,24H,4-7,10-11,14,17,20-21H2,(H,35,40)(H,38,39)/b28-18+. The summed E-state index contributed by atoms with van der Waals surface area (Å²) in [6, 6.07) is 19.2. The second kappa shape index (κ2) is 12.7. The van der Waals surface area contributed by atoms with Crippen LogP contribution in [0.4, 0.5) is 0 Å². The number of aromatic nitrogens is 1. The third kappa shape index (κ3) is 7.11. The first-order valence-corrected chi connectivity index (χ1v) is 14.5. The minimum Gasteiger partial charge on any atom is -0.480 e. The Hall–Kier alpha value is -3.64. The number of hydrogen-bond donors (Lipinski definition) is 2. The van der Waals surface area contributed by atoms with Crippen molar-refractivity contribution >= 4 is 29.1 Å². The number of nitrogens with zero attached hydrogens (tertiary/aromatic N) is 1. The van der Waals surface area contributed by atoms with Crippen LogP contribution < -0.4 is 5.56 Å².